The Bertz CT molecular complexity index is 408. The molecule has 1 unspecified atom stereocenters. The van der Waals surface area contributed by atoms with Crippen LogP contribution in [0.2, 0.25) is 0 Å². The standard InChI is InChI=1S/C15H20O3/c1-4-6-11-18-15(5-2,14(16)17)13-9-7-12(3)8-10-13/h4,7-10H,1,5-6,11H2,2-3H3,(H,16,17). The average Bonchev–Trinajstić information content (AvgIpc) is 2.36. The number of hydrogen-bond acceptors (Lipinski definition) is 2. The van der Waals surface area contributed by atoms with Crippen molar-refractivity contribution < 1.29 is 14.6 Å². The Balaban J connectivity index is 3.05. The van der Waals surface area contributed by atoms with Gasteiger partial charge in [-0.1, -0.05) is 42.8 Å². The second-order valence-corrected chi connectivity index (χ2v) is 4.28. The third kappa shape index (κ3) is 2.99. The van der Waals surface area contributed by atoms with E-state index in [0.29, 0.717) is 25.0 Å². The van der Waals surface area contributed by atoms with Crippen LogP contribution in [0.4, 0.5) is 0 Å². The molecule has 0 aromatic heterocycles. The van der Waals surface area contributed by atoms with E-state index in [-0.39, 0.29) is 0 Å². The largest absolute Gasteiger partial charge is 0.479 e. The summed E-state index contributed by atoms with van der Waals surface area (Å²) in [4.78, 5) is 11.6. The Morgan fingerprint density at radius 3 is 2.50 bits per heavy atom. The number of benzene rings is 1. The van der Waals surface area contributed by atoms with E-state index in [9.17, 15) is 9.90 Å². The summed E-state index contributed by atoms with van der Waals surface area (Å²) in [6.07, 6.45) is 2.75. The summed E-state index contributed by atoms with van der Waals surface area (Å²) in [6.45, 7) is 7.76. The van der Waals surface area contributed by atoms with Crippen LogP contribution < -0.4 is 0 Å². The molecule has 3 heteroatoms. The molecule has 0 aliphatic carbocycles. The summed E-state index contributed by atoms with van der Waals surface area (Å²) in [7, 11) is 0. The zero-order chi connectivity index (χ0) is 13.6. The van der Waals surface area contributed by atoms with Gasteiger partial charge in [-0.2, -0.15) is 0 Å². The molecule has 98 valence electrons. The molecule has 0 aliphatic rings. The second kappa shape index (κ2) is 6.36. The fourth-order valence-corrected chi connectivity index (χ4v) is 1.87. The third-order valence-electron chi connectivity index (χ3n) is 3.03. The van der Waals surface area contributed by atoms with Gasteiger partial charge < -0.3 is 9.84 Å². The molecule has 0 amide bonds. The molecule has 0 radical (unpaired) electrons. The van der Waals surface area contributed by atoms with Crippen molar-refractivity contribution in [1.29, 1.82) is 0 Å². The molecule has 0 saturated heterocycles. The maximum absolute atomic E-state index is 11.6. The van der Waals surface area contributed by atoms with Gasteiger partial charge in [0.05, 0.1) is 6.61 Å². The quantitative estimate of drug-likeness (QED) is 0.595. The lowest BCUT2D eigenvalue weighted by Gasteiger charge is -2.29. The lowest BCUT2D eigenvalue weighted by atomic mass is 9.90. The van der Waals surface area contributed by atoms with Crippen LogP contribution in [0.1, 0.15) is 30.9 Å². The highest BCUT2D eigenvalue weighted by Crippen LogP contribution is 2.30. The Hall–Kier alpha value is -1.61. The van der Waals surface area contributed by atoms with E-state index in [0.717, 1.165) is 5.56 Å². The van der Waals surface area contributed by atoms with E-state index >= 15 is 0 Å². The Labute approximate surface area is 108 Å². The van der Waals surface area contributed by atoms with Crippen molar-refractivity contribution in [3.8, 4) is 0 Å². The molecule has 1 aromatic rings. The van der Waals surface area contributed by atoms with Crippen molar-refractivity contribution in [3.63, 3.8) is 0 Å². The first-order valence-electron chi connectivity index (χ1n) is 6.12. The molecule has 18 heavy (non-hydrogen) atoms. The molecule has 0 fully saturated rings. The molecule has 3 nitrogen and oxygen atoms in total. The number of carboxylic acids is 1. The number of aliphatic carboxylic acids is 1. The first kappa shape index (κ1) is 14.5. The number of hydrogen-bond donors (Lipinski definition) is 1. The molecular formula is C15H20O3. The van der Waals surface area contributed by atoms with Crippen LogP contribution in [0, 0.1) is 6.92 Å². The van der Waals surface area contributed by atoms with Crippen molar-refractivity contribution in [2.45, 2.75) is 32.3 Å². The summed E-state index contributed by atoms with van der Waals surface area (Å²) >= 11 is 0. The van der Waals surface area contributed by atoms with Gasteiger partial charge in [-0.3, -0.25) is 0 Å². The van der Waals surface area contributed by atoms with E-state index < -0.39 is 11.6 Å². The number of carbonyl (C=O) groups is 1. The van der Waals surface area contributed by atoms with Crippen LogP contribution in [0.15, 0.2) is 36.9 Å². The minimum Gasteiger partial charge on any atom is -0.479 e. The number of carboxylic acid groups (broad SMARTS) is 1. The van der Waals surface area contributed by atoms with Crippen LogP contribution >= 0.6 is 0 Å². The fourth-order valence-electron chi connectivity index (χ4n) is 1.87. The molecule has 0 bridgehead atoms. The molecule has 1 atom stereocenters. The Morgan fingerprint density at radius 2 is 2.06 bits per heavy atom. The third-order valence-corrected chi connectivity index (χ3v) is 3.03. The van der Waals surface area contributed by atoms with E-state index in [2.05, 4.69) is 6.58 Å². The minimum atomic E-state index is -1.25. The maximum Gasteiger partial charge on any atom is 0.340 e. The first-order chi connectivity index (χ1) is 8.56. The van der Waals surface area contributed by atoms with Gasteiger partial charge in [0.15, 0.2) is 5.60 Å². The van der Waals surface area contributed by atoms with Gasteiger partial charge in [-0.25, -0.2) is 4.79 Å². The predicted octanol–water partition coefficient (Wildman–Crippen LogP) is 3.28. The highest BCUT2D eigenvalue weighted by molar-refractivity contribution is 5.79. The van der Waals surface area contributed by atoms with Crippen molar-refractivity contribution in [3.05, 3.63) is 48.0 Å². The summed E-state index contributed by atoms with van der Waals surface area (Å²) in [5.41, 5.74) is 0.531. The average molecular weight is 248 g/mol. The van der Waals surface area contributed by atoms with Crippen LogP contribution in [0.5, 0.6) is 0 Å². The smallest absolute Gasteiger partial charge is 0.340 e. The Morgan fingerprint density at radius 1 is 1.44 bits per heavy atom. The normalized spacial score (nSPS) is 13.9. The maximum atomic E-state index is 11.6. The SMILES string of the molecule is C=CCCOC(CC)(C(=O)O)c1ccc(C)cc1. The molecule has 1 N–H and O–H groups in total. The fraction of sp³-hybridized carbons (Fsp3) is 0.400. The highest BCUT2D eigenvalue weighted by atomic mass is 16.5. The summed E-state index contributed by atoms with van der Waals surface area (Å²) in [6, 6.07) is 7.45. The van der Waals surface area contributed by atoms with Crippen LogP contribution in [0.25, 0.3) is 0 Å². The molecule has 0 heterocycles. The lowest BCUT2D eigenvalue weighted by Crippen LogP contribution is -2.38. The topological polar surface area (TPSA) is 46.5 Å². The Kier molecular flexibility index (Phi) is 5.10. The molecule has 0 spiro atoms. The predicted molar refractivity (Wildman–Crippen MR) is 71.5 cm³/mol. The minimum absolute atomic E-state index is 0.359. The van der Waals surface area contributed by atoms with Gasteiger partial charge in [-0.15, -0.1) is 6.58 Å². The monoisotopic (exact) mass is 248 g/mol. The van der Waals surface area contributed by atoms with Crippen LogP contribution in [-0.2, 0) is 15.1 Å². The highest BCUT2D eigenvalue weighted by Gasteiger charge is 2.39. The van der Waals surface area contributed by atoms with Crippen molar-refractivity contribution in [1.82, 2.24) is 0 Å². The summed E-state index contributed by atoms with van der Waals surface area (Å²) in [5.74, 6) is -0.946. The second-order valence-electron chi connectivity index (χ2n) is 4.28. The van der Waals surface area contributed by atoms with E-state index in [4.69, 9.17) is 4.74 Å². The van der Waals surface area contributed by atoms with E-state index in [1.807, 2.05) is 38.1 Å². The zero-order valence-corrected chi connectivity index (χ0v) is 11.0. The molecular weight excluding hydrogens is 228 g/mol. The summed E-state index contributed by atoms with van der Waals surface area (Å²) < 4.78 is 5.64. The summed E-state index contributed by atoms with van der Waals surface area (Å²) in [5, 5.41) is 9.49. The number of rotatable bonds is 7. The van der Waals surface area contributed by atoms with Gasteiger partial charge >= 0.3 is 5.97 Å². The van der Waals surface area contributed by atoms with Crippen molar-refractivity contribution >= 4 is 5.97 Å². The number of aryl methyl sites for hydroxylation is 1. The molecule has 1 rings (SSSR count). The van der Waals surface area contributed by atoms with E-state index in [1.54, 1.807) is 6.08 Å². The van der Waals surface area contributed by atoms with Crippen LogP contribution in [0.3, 0.4) is 0 Å². The molecule has 0 saturated carbocycles. The zero-order valence-electron chi connectivity index (χ0n) is 11.0. The first-order valence-corrected chi connectivity index (χ1v) is 6.12. The van der Waals surface area contributed by atoms with Gasteiger partial charge in [0.25, 0.3) is 0 Å². The molecule has 1 aromatic carbocycles. The van der Waals surface area contributed by atoms with Gasteiger partial charge in [0.2, 0.25) is 0 Å². The molecule has 0 aliphatic heterocycles. The van der Waals surface area contributed by atoms with Crippen molar-refractivity contribution in [2.75, 3.05) is 6.61 Å². The number of ether oxygens (including phenoxy) is 1. The van der Waals surface area contributed by atoms with Gasteiger partial charge in [0, 0.05) is 0 Å². The van der Waals surface area contributed by atoms with Gasteiger partial charge in [0.1, 0.15) is 0 Å². The lowest BCUT2D eigenvalue weighted by molar-refractivity contribution is -0.168. The van der Waals surface area contributed by atoms with Crippen molar-refractivity contribution in [2.24, 2.45) is 0 Å². The van der Waals surface area contributed by atoms with Crippen LogP contribution in [-0.4, -0.2) is 17.7 Å². The van der Waals surface area contributed by atoms with E-state index in [1.165, 1.54) is 0 Å². The van der Waals surface area contributed by atoms with Gasteiger partial charge in [-0.05, 0) is 25.3 Å².